The number of nitro benzene ring substituents is 1. The van der Waals surface area contributed by atoms with Crippen LogP contribution in [0.25, 0.3) is 0 Å². The third kappa shape index (κ3) is 3.11. The molecule has 2 aromatic rings. The van der Waals surface area contributed by atoms with Crippen LogP contribution in [0.3, 0.4) is 0 Å². The van der Waals surface area contributed by atoms with Crippen molar-refractivity contribution in [1.82, 2.24) is 0 Å². The summed E-state index contributed by atoms with van der Waals surface area (Å²) in [7, 11) is 0. The molecule has 110 valence electrons. The highest BCUT2D eigenvalue weighted by Crippen LogP contribution is 2.28. The molecular weight excluding hydrogens is 264 g/mol. The standard InChI is InChI=1S/C17H20N2O2/c1-4-13-7-8-15(19(20)21)10-16(13)17(18)14-6-5-11(2)12(3)9-14/h5-10,17H,4,18H2,1-3H3. The Hall–Kier alpha value is -2.20. The van der Waals surface area contributed by atoms with Crippen molar-refractivity contribution in [1.29, 1.82) is 0 Å². The molecule has 2 aromatic carbocycles. The summed E-state index contributed by atoms with van der Waals surface area (Å²) in [6.45, 7) is 6.12. The summed E-state index contributed by atoms with van der Waals surface area (Å²) in [6.07, 6.45) is 0.797. The van der Waals surface area contributed by atoms with Crippen molar-refractivity contribution in [3.63, 3.8) is 0 Å². The highest BCUT2D eigenvalue weighted by atomic mass is 16.6. The summed E-state index contributed by atoms with van der Waals surface area (Å²) in [5.41, 5.74) is 11.7. The number of benzene rings is 2. The van der Waals surface area contributed by atoms with Gasteiger partial charge in [-0.25, -0.2) is 0 Å². The van der Waals surface area contributed by atoms with Gasteiger partial charge >= 0.3 is 0 Å². The Bertz CT molecular complexity index is 680. The topological polar surface area (TPSA) is 69.2 Å². The van der Waals surface area contributed by atoms with E-state index in [4.69, 9.17) is 5.73 Å². The molecule has 0 amide bonds. The van der Waals surface area contributed by atoms with E-state index in [2.05, 4.69) is 13.0 Å². The minimum atomic E-state index is -0.379. The first-order valence-electron chi connectivity index (χ1n) is 7.04. The number of nitrogens with two attached hydrogens (primary N) is 1. The summed E-state index contributed by atoms with van der Waals surface area (Å²) in [6, 6.07) is 10.7. The average molecular weight is 284 g/mol. The smallest absolute Gasteiger partial charge is 0.269 e. The molecule has 0 aromatic heterocycles. The predicted molar refractivity (Wildman–Crippen MR) is 84.4 cm³/mol. The molecule has 2 rings (SSSR count). The molecule has 0 aliphatic heterocycles. The first-order chi connectivity index (χ1) is 9.93. The van der Waals surface area contributed by atoms with Gasteiger partial charge in [-0.3, -0.25) is 10.1 Å². The molecule has 1 unspecified atom stereocenters. The number of rotatable bonds is 4. The second-order valence-corrected chi connectivity index (χ2v) is 5.32. The van der Waals surface area contributed by atoms with Crippen LogP contribution in [0.4, 0.5) is 5.69 Å². The SMILES string of the molecule is CCc1ccc([N+](=O)[O-])cc1C(N)c1ccc(C)c(C)c1. The van der Waals surface area contributed by atoms with Gasteiger partial charge in [-0.1, -0.05) is 31.2 Å². The second-order valence-electron chi connectivity index (χ2n) is 5.32. The van der Waals surface area contributed by atoms with Crippen LogP contribution in [0.5, 0.6) is 0 Å². The maximum atomic E-state index is 11.0. The van der Waals surface area contributed by atoms with Gasteiger partial charge in [0, 0.05) is 12.1 Å². The van der Waals surface area contributed by atoms with Gasteiger partial charge in [-0.15, -0.1) is 0 Å². The molecule has 4 heteroatoms. The number of hydrogen-bond donors (Lipinski definition) is 1. The predicted octanol–water partition coefficient (Wildman–Crippen LogP) is 3.82. The lowest BCUT2D eigenvalue weighted by Crippen LogP contribution is -2.14. The van der Waals surface area contributed by atoms with E-state index in [-0.39, 0.29) is 16.7 Å². The largest absolute Gasteiger partial charge is 0.320 e. The quantitative estimate of drug-likeness (QED) is 0.685. The minimum absolute atomic E-state index is 0.0847. The van der Waals surface area contributed by atoms with Crippen molar-refractivity contribution in [2.45, 2.75) is 33.2 Å². The van der Waals surface area contributed by atoms with Gasteiger partial charge in [-0.05, 0) is 48.1 Å². The van der Waals surface area contributed by atoms with Crippen molar-refractivity contribution in [2.75, 3.05) is 0 Å². The summed E-state index contributed by atoms with van der Waals surface area (Å²) >= 11 is 0. The lowest BCUT2D eigenvalue weighted by atomic mass is 9.92. The number of non-ortho nitro benzene ring substituents is 1. The molecule has 1 atom stereocenters. The third-order valence-corrected chi connectivity index (χ3v) is 3.95. The Morgan fingerprint density at radius 3 is 2.43 bits per heavy atom. The first-order valence-corrected chi connectivity index (χ1v) is 7.04. The number of nitrogens with zero attached hydrogens (tertiary/aromatic N) is 1. The molecule has 21 heavy (non-hydrogen) atoms. The van der Waals surface area contributed by atoms with Crippen molar-refractivity contribution in [3.05, 3.63) is 74.3 Å². The Morgan fingerprint density at radius 1 is 1.14 bits per heavy atom. The van der Waals surface area contributed by atoms with E-state index in [1.165, 1.54) is 17.2 Å². The van der Waals surface area contributed by atoms with Gasteiger partial charge in [-0.2, -0.15) is 0 Å². The van der Waals surface area contributed by atoms with Gasteiger partial charge < -0.3 is 5.73 Å². The highest BCUT2D eigenvalue weighted by molar-refractivity contribution is 5.46. The van der Waals surface area contributed by atoms with E-state index in [1.54, 1.807) is 12.1 Å². The van der Waals surface area contributed by atoms with Gasteiger partial charge in [0.2, 0.25) is 0 Å². The van der Waals surface area contributed by atoms with Crippen molar-refractivity contribution in [3.8, 4) is 0 Å². The van der Waals surface area contributed by atoms with Crippen LogP contribution >= 0.6 is 0 Å². The lowest BCUT2D eigenvalue weighted by molar-refractivity contribution is -0.384. The second kappa shape index (κ2) is 6.06. The third-order valence-electron chi connectivity index (χ3n) is 3.95. The maximum Gasteiger partial charge on any atom is 0.269 e. The minimum Gasteiger partial charge on any atom is -0.320 e. The fourth-order valence-electron chi connectivity index (χ4n) is 2.45. The molecule has 0 fully saturated rings. The van der Waals surface area contributed by atoms with Crippen LogP contribution in [0, 0.1) is 24.0 Å². The van der Waals surface area contributed by atoms with Gasteiger partial charge in [0.1, 0.15) is 0 Å². The zero-order valence-corrected chi connectivity index (χ0v) is 12.6. The van der Waals surface area contributed by atoms with Crippen LogP contribution in [-0.4, -0.2) is 4.92 Å². The molecule has 0 bridgehead atoms. The summed E-state index contributed by atoms with van der Waals surface area (Å²) in [5.74, 6) is 0. The number of aryl methyl sites for hydroxylation is 3. The summed E-state index contributed by atoms with van der Waals surface area (Å²) in [5, 5.41) is 11.0. The molecule has 0 aliphatic carbocycles. The molecule has 2 N–H and O–H groups in total. The molecule has 0 spiro atoms. The summed E-state index contributed by atoms with van der Waals surface area (Å²) in [4.78, 5) is 10.6. The number of nitro groups is 1. The average Bonchev–Trinajstić information content (AvgIpc) is 2.48. The molecule has 0 aliphatic rings. The fourth-order valence-corrected chi connectivity index (χ4v) is 2.45. The monoisotopic (exact) mass is 284 g/mol. The van der Waals surface area contributed by atoms with Gasteiger partial charge in [0.05, 0.1) is 11.0 Å². The molecule has 0 heterocycles. The highest BCUT2D eigenvalue weighted by Gasteiger charge is 2.17. The maximum absolute atomic E-state index is 11.0. The first kappa shape index (κ1) is 15.2. The Balaban J connectivity index is 2.50. The van der Waals surface area contributed by atoms with E-state index in [1.807, 2.05) is 26.0 Å². The molecule has 0 saturated carbocycles. The molecule has 0 saturated heterocycles. The Kier molecular flexibility index (Phi) is 4.38. The van der Waals surface area contributed by atoms with E-state index in [0.717, 1.165) is 23.1 Å². The van der Waals surface area contributed by atoms with Crippen LogP contribution in [0.1, 0.15) is 40.8 Å². The van der Waals surface area contributed by atoms with E-state index < -0.39 is 0 Å². The van der Waals surface area contributed by atoms with Gasteiger partial charge in [0.25, 0.3) is 5.69 Å². The van der Waals surface area contributed by atoms with Crippen LogP contribution in [-0.2, 0) is 6.42 Å². The van der Waals surface area contributed by atoms with Crippen LogP contribution in [0.2, 0.25) is 0 Å². The Morgan fingerprint density at radius 2 is 1.86 bits per heavy atom. The van der Waals surface area contributed by atoms with E-state index in [0.29, 0.717) is 0 Å². The zero-order valence-electron chi connectivity index (χ0n) is 12.6. The van der Waals surface area contributed by atoms with Crippen LogP contribution < -0.4 is 5.73 Å². The van der Waals surface area contributed by atoms with E-state index >= 15 is 0 Å². The Labute approximate surface area is 124 Å². The molecular formula is C17H20N2O2. The molecule has 0 radical (unpaired) electrons. The lowest BCUT2D eigenvalue weighted by Gasteiger charge is -2.17. The fraction of sp³-hybridized carbons (Fsp3) is 0.294. The zero-order chi connectivity index (χ0) is 15.6. The number of hydrogen-bond acceptors (Lipinski definition) is 3. The molecule has 4 nitrogen and oxygen atoms in total. The van der Waals surface area contributed by atoms with E-state index in [9.17, 15) is 10.1 Å². The summed E-state index contributed by atoms with van der Waals surface area (Å²) < 4.78 is 0. The van der Waals surface area contributed by atoms with Crippen LogP contribution in [0.15, 0.2) is 36.4 Å². The normalized spacial score (nSPS) is 12.2. The van der Waals surface area contributed by atoms with Crippen molar-refractivity contribution in [2.24, 2.45) is 5.73 Å². The van der Waals surface area contributed by atoms with Gasteiger partial charge in [0.15, 0.2) is 0 Å². The van der Waals surface area contributed by atoms with Crippen molar-refractivity contribution >= 4 is 5.69 Å². The van der Waals surface area contributed by atoms with Crippen molar-refractivity contribution < 1.29 is 4.92 Å².